The fraction of sp³-hybridized carbons (Fsp3) is 0.240. The molecule has 0 spiro atoms. The number of hydrogen-bond acceptors (Lipinski definition) is 5. The van der Waals surface area contributed by atoms with Crippen molar-refractivity contribution in [2.45, 2.75) is 17.9 Å². The van der Waals surface area contributed by atoms with E-state index >= 15 is 0 Å². The SMILES string of the molecule is COc1ccccc1[C@@H](CNC(=O)c1cccc(S(=O)(=O)Nc2ccc(C)cc2)c1)N(C)C. The summed E-state index contributed by atoms with van der Waals surface area (Å²) >= 11 is 0. The molecule has 0 radical (unpaired) electrons. The number of ether oxygens (including phenoxy) is 1. The highest BCUT2D eigenvalue weighted by Gasteiger charge is 2.21. The van der Waals surface area contributed by atoms with Crippen LogP contribution < -0.4 is 14.8 Å². The molecule has 33 heavy (non-hydrogen) atoms. The van der Waals surface area contributed by atoms with Gasteiger partial charge in [-0.15, -0.1) is 0 Å². The minimum atomic E-state index is -3.83. The third kappa shape index (κ3) is 6.12. The lowest BCUT2D eigenvalue weighted by Crippen LogP contribution is -2.34. The molecule has 0 aliphatic rings. The van der Waals surface area contributed by atoms with Gasteiger partial charge in [-0.2, -0.15) is 0 Å². The summed E-state index contributed by atoms with van der Waals surface area (Å²) in [6.07, 6.45) is 0. The molecule has 2 N–H and O–H groups in total. The molecule has 0 saturated carbocycles. The number of rotatable bonds is 9. The Kier molecular flexibility index (Phi) is 7.73. The maximum Gasteiger partial charge on any atom is 0.261 e. The molecule has 0 aromatic heterocycles. The molecule has 3 rings (SSSR count). The third-order valence-corrected chi connectivity index (χ3v) is 6.67. The smallest absolute Gasteiger partial charge is 0.261 e. The summed E-state index contributed by atoms with van der Waals surface area (Å²) in [5.74, 6) is 0.379. The standard InChI is InChI=1S/C25H29N3O4S/c1-18-12-14-20(15-13-18)27-33(30,31)21-9-7-8-19(16-21)25(29)26-17-23(28(2)3)22-10-5-6-11-24(22)32-4/h5-16,23,27H,17H2,1-4H3,(H,26,29)/t23-/m1/s1. The highest BCUT2D eigenvalue weighted by atomic mass is 32.2. The molecule has 0 fully saturated rings. The highest BCUT2D eigenvalue weighted by molar-refractivity contribution is 7.92. The number of nitrogens with one attached hydrogen (secondary N) is 2. The van der Waals surface area contributed by atoms with Gasteiger partial charge < -0.3 is 15.0 Å². The maximum absolute atomic E-state index is 12.9. The summed E-state index contributed by atoms with van der Waals surface area (Å²) < 4.78 is 33.6. The number of sulfonamides is 1. The van der Waals surface area contributed by atoms with E-state index in [9.17, 15) is 13.2 Å². The van der Waals surface area contributed by atoms with Crippen molar-refractivity contribution in [1.82, 2.24) is 10.2 Å². The fourth-order valence-electron chi connectivity index (χ4n) is 3.44. The van der Waals surface area contributed by atoms with Gasteiger partial charge in [0, 0.05) is 23.4 Å². The lowest BCUT2D eigenvalue weighted by molar-refractivity contribution is 0.0941. The van der Waals surface area contributed by atoms with E-state index in [4.69, 9.17) is 4.74 Å². The summed E-state index contributed by atoms with van der Waals surface area (Å²) in [5, 5.41) is 2.91. The Morgan fingerprint density at radius 2 is 1.70 bits per heavy atom. The normalized spacial score (nSPS) is 12.3. The van der Waals surface area contributed by atoms with Crippen LogP contribution in [0.4, 0.5) is 5.69 Å². The molecule has 0 heterocycles. The van der Waals surface area contributed by atoms with Crippen molar-refractivity contribution in [3.8, 4) is 5.75 Å². The number of para-hydroxylation sites is 1. The van der Waals surface area contributed by atoms with Crippen molar-refractivity contribution < 1.29 is 17.9 Å². The lowest BCUT2D eigenvalue weighted by atomic mass is 10.0. The van der Waals surface area contributed by atoms with Crippen LogP contribution in [0.2, 0.25) is 0 Å². The van der Waals surface area contributed by atoms with Gasteiger partial charge in [0.2, 0.25) is 0 Å². The van der Waals surface area contributed by atoms with Crippen LogP contribution in [0.25, 0.3) is 0 Å². The van der Waals surface area contributed by atoms with Gasteiger partial charge in [-0.05, 0) is 57.4 Å². The number of methoxy groups -OCH3 is 1. The molecule has 0 aliphatic carbocycles. The first-order valence-electron chi connectivity index (χ1n) is 10.5. The largest absolute Gasteiger partial charge is 0.496 e. The number of hydrogen-bond donors (Lipinski definition) is 2. The molecule has 1 amide bonds. The number of carbonyl (C=O) groups excluding carboxylic acids is 1. The van der Waals surface area contributed by atoms with Gasteiger partial charge in [0.25, 0.3) is 15.9 Å². The minimum Gasteiger partial charge on any atom is -0.496 e. The number of benzene rings is 3. The molecular weight excluding hydrogens is 438 g/mol. The van der Waals surface area contributed by atoms with E-state index in [1.807, 2.05) is 62.3 Å². The average Bonchev–Trinajstić information content (AvgIpc) is 2.80. The van der Waals surface area contributed by atoms with Crippen LogP contribution in [0.15, 0.2) is 77.7 Å². The Bertz CT molecular complexity index is 1210. The van der Waals surface area contributed by atoms with Crippen molar-refractivity contribution >= 4 is 21.6 Å². The van der Waals surface area contributed by atoms with Crippen molar-refractivity contribution in [3.63, 3.8) is 0 Å². The second-order valence-corrected chi connectivity index (χ2v) is 9.61. The molecule has 0 saturated heterocycles. The number of amides is 1. The van der Waals surface area contributed by atoms with Gasteiger partial charge in [-0.3, -0.25) is 9.52 Å². The average molecular weight is 468 g/mol. The number of carbonyl (C=O) groups is 1. The van der Waals surface area contributed by atoms with E-state index in [2.05, 4.69) is 10.0 Å². The second-order valence-electron chi connectivity index (χ2n) is 7.93. The summed E-state index contributed by atoms with van der Waals surface area (Å²) in [5.41, 5.74) is 2.70. The van der Waals surface area contributed by atoms with Crippen LogP contribution in [-0.4, -0.2) is 47.0 Å². The van der Waals surface area contributed by atoms with Crippen molar-refractivity contribution in [1.29, 1.82) is 0 Å². The Balaban J connectivity index is 1.75. The summed E-state index contributed by atoms with van der Waals surface area (Å²) in [6.45, 7) is 2.25. The third-order valence-electron chi connectivity index (χ3n) is 5.29. The molecule has 3 aromatic rings. The van der Waals surface area contributed by atoms with E-state index in [0.29, 0.717) is 12.2 Å². The predicted octanol–water partition coefficient (Wildman–Crippen LogP) is 3.84. The number of anilines is 1. The Morgan fingerprint density at radius 3 is 2.36 bits per heavy atom. The van der Waals surface area contributed by atoms with Gasteiger partial charge in [0.15, 0.2) is 0 Å². The van der Waals surface area contributed by atoms with Crippen molar-refractivity contribution in [2.75, 3.05) is 32.5 Å². The quantitative estimate of drug-likeness (QED) is 0.499. The molecular formula is C25H29N3O4S. The Morgan fingerprint density at radius 1 is 1.00 bits per heavy atom. The number of aryl methyl sites for hydroxylation is 1. The van der Waals surface area contributed by atoms with Crippen LogP contribution in [0, 0.1) is 6.92 Å². The van der Waals surface area contributed by atoms with Crippen LogP contribution in [0.3, 0.4) is 0 Å². The highest BCUT2D eigenvalue weighted by Crippen LogP contribution is 2.27. The minimum absolute atomic E-state index is 0.0182. The summed E-state index contributed by atoms with van der Waals surface area (Å²) in [4.78, 5) is 14.9. The molecule has 0 aliphatic heterocycles. The Hall–Kier alpha value is -3.36. The maximum atomic E-state index is 12.9. The first kappa shape index (κ1) is 24.3. The van der Waals surface area contributed by atoms with Gasteiger partial charge >= 0.3 is 0 Å². The zero-order valence-electron chi connectivity index (χ0n) is 19.2. The number of nitrogens with zero attached hydrogens (tertiary/aromatic N) is 1. The van der Waals surface area contributed by atoms with Gasteiger partial charge in [-0.25, -0.2) is 8.42 Å². The van der Waals surface area contributed by atoms with Crippen LogP contribution in [0.5, 0.6) is 5.75 Å². The lowest BCUT2D eigenvalue weighted by Gasteiger charge is -2.26. The topological polar surface area (TPSA) is 87.7 Å². The van der Waals surface area contributed by atoms with E-state index in [0.717, 1.165) is 16.9 Å². The monoisotopic (exact) mass is 467 g/mol. The first-order chi connectivity index (χ1) is 15.7. The molecule has 7 nitrogen and oxygen atoms in total. The van der Waals surface area contributed by atoms with Gasteiger partial charge in [-0.1, -0.05) is 42.0 Å². The molecule has 0 unspecified atom stereocenters. The molecule has 174 valence electrons. The summed E-state index contributed by atoms with van der Waals surface area (Å²) in [7, 11) is 1.63. The van der Waals surface area contributed by atoms with E-state index < -0.39 is 10.0 Å². The second kappa shape index (κ2) is 10.5. The van der Waals surface area contributed by atoms with Crippen LogP contribution >= 0.6 is 0 Å². The molecule has 8 heteroatoms. The molecule has 0 bridgehead atoms. The van der Waals surface area contributed by atoms with Crippen LogP contribution in [0.1, 0.15) is 27.5 Å². The zero-order valence-corrected chi connectivity index (χ0v) is 20.0. The predicted molar refractivity (Wildman–Crippen MR) is 130 cm³/mol. The van der Waals surface area contributed by atoms with E-state index in [1.165, 1.54) is 12.1 Å². The summed E-state index contributed by atoms with van der Waals surface area (Å²) in [6, 6.07) is 20.6. The van der Waals surface area contributed by atoms with Crippen molar-refractivity contribution in [3.05, 3.63) is 89.5 Å². The zero-order chi connectivity index (χ0) is 24.0. The van der Waals surface area contributed by atoms with Crippen LogP contribution in [-0.2, 0) is 10.0 Å². The molecule has 1 atom stereocenters. The van der Waals surface area contributed by atoms with Gasteiger partial charge in [0.05, 0.1) is 18.0 Å². The van der Waals surface area contributed by atoms with Crippen molar-refractivity contribution in [2.24, 2.45) is 0 Å². The Labute approximate surface area is 195 Å². The fourth-order valence-corrected chi connectivity index (χ4v) is 4.55. The first-order valence-corrected chi connectivity index (χ1v) is 12.0. The van der Waals surface area contributed by atoms with E-state index in [1.54, 1.807) is 31.4 Å². The van der Waals surface area contributed by atoms with Gasteiger partial charge in [0.1, 0.15) is 5.75 Å². The molecule has 3 aromatic carbocycles. The number of likely N-dealkylation sites (N-methyl/N-ethyl adjacent to an activating group) is 1. The van der Waals surface area contributed by atoms with E-state index in [-0.39, 0.29) is 22.4 Å².